The Balaban J connectivity index is 1.39. The van der Waals surface area contributed by atoms with Crippen LogP contribution in [0.1, 0.15) is 85.0 Å². The molecule has 0 radical (unpaired) electrons. The average Bonchev–Trinajstić information content (AvgIpc) is 2.78. The summed E-state index contributed by atoms with van der Waals surface area (Å²) in [4.78, 5) is 0. The zero-order valence-corrected chi connectivity index (χ0v) is 15.2. The van der Waals surface area contributed by atoms with E-state index in [1.165, 1.54) is 64.2 Å². The molecule has 0 saturated heterocycles. The summed E-state index contributed by atoms with van der Waals surface area (Å²) in [6, 6.07) is 1.54. The lowest BCUT2D eigenvalue weighted by Gasteiger charge is -2.39. The van der Waals surface area contributed by atoms with Gasteiger partial charge < -0.3 is 10.6 Å². The van der Waals surface area contributed by atoms with E-state index in [0.29, 0.717) is 10.8 Å². The Morgan fingerprint density at radius 2 is 1.45 bits per heavy atom. The van der Waals surface area contributed by atoms with E-state index in [0.717, 1.165) is 31.1 Å². The fourth-order valence-electron chi connectivity index (χ4n) is 5.70. The summed E-state index contributed by atoms with van der Waals surface area (Å²) in [5.41, 5.74) is 1.07. The molecule has 0 spiro atoms. The molecular weight excluding hydrogens is 268 g/mol. The molecule has 3 saturated carbocycles. The minimum atomic E-state index is 0.526. The Morgan fingerprint density at radius 3 is 2.05 bits per heavy atom. The van der Waals surface area contributed by atoms with E-state index in [2.05, 4.69) is 31.4 Å². The Hall–Kier alpha value is -0.0800. The largest absolute Gasteiger partial charge is 0.313 e. The Kier molecular flexibility index (Phi) is 5.19. The molecule has 3 aliphatic rings. The first kappa shape index (κ1) is 16.8. The van der Waals surface area contributed by atoms with Crippen LogP contribution in [-0.2, 0) is 0 Å². The van der Waals surface area contributed by atoms with Gasteiger partial charge in [-0.05, 0) is 48.9 Å². The van der Waals surface area contributed by atoms with Crippen molar-refractivity contribution in [3.05, 3.63) is 0 Å². The van der Waals surface area contributed by atoms with E-state index in [1.807, 2.05) is 0 Å². The van der Waals surface area contributed by atoms with Crippen LogP contribution in [0.3, 0.4) is 0 Å². The first-order valence-corrected chi connectivity index (χ1v) is 10.0. The highest BCUT2D eigenvalue weighted by Crippen LogP contribution is 2.65. The molecule has 3 fully saturated rings. The summed E-state index contributed by atoms with van der Waals surface area (Å²) in [7, 11) is 0. The lowest BCUT2D eigenvalue weighted by atomic mass is 9.69. The molecule has 0 aromatic rings. The van der Waals surface area contributed by atoms with Crippen molar-refractivity contribution < 1.29 is 0 Å². The van der Waals surface area contributed by atoms with Gasteiger partial charge in [0.1, 0.15) is 0 Å². The predicted molar refractivity (Wildman–Crippen MR) is 95.1 cm³/mol. The van der Waals surface area contributed by atoms with Crippen LogP contribution in [0.5, 0.6) is 0 Å². The van der Waals surface area contributed by atoms with Crippen LogP contribution in [0.25, 0.3) is 0 Å². The zero-order chi connectivity index (χ0) is 15.6. The number of hydrogen-bond acceptors (Lipinski definition) is 2. The van der Waals surface area contributed by atoms with Gasteiger partial charge in [0.2, 0.25) is 0 Å². The molecular formula is C20H38N2. The SMILES string of the molecule is CC1(C)[C@@H]2CC[C@@]1(C)[C@@H](NCCNC1CCCCCCC1)C2. The standard InChI is InChI=1S/C20H38N2/c1-19(2)16-11-12-20(19,3)18(15-16)22-14-13-21-17-9-7-5-4-6-8-10-17/h16-18,21-22H,4-15H2,1-3H3/t16-,18+,20+/m1/s1. The van der Waals surface area contributed by atoms with Crippen LogP contribution < -0.4 is 10.6 Å². The number of rotatable bonds is 5. The topological polar surface area (TPSA) is 24.1 Å². The molecule has 2 bridgehead atoms. The van der Waals surface area contributed by atoms with Crippen LogP contribution in [-0.4, -0.2) is 25.2 Å². The fraction of sp³-hybridized carbons (Fsp3) is 1.00. The summed E-state index contributed by atoms with van der Waals surface area (Å²) < 4.78 is 0. The third kappa shape index (κ3) is 3.11. The second-order valence-corrected chi connectivity index (χ2v) is 9.11. The second kappa shape index (κ2) is 6.81. The third-order valence-electron chi connectivity index (χ3n) is 7.85. The molecule has 2 nitrogen and oxygen atoms in total. The second-order valence-electron chi connectivity index (χ2n) is 9.11. The molecule has 0 aromatic carbocycles. The number of nitrogens with one attached hydrogen (secondary N) is 2. The van der Waals surface area contributed by atoms with Crippen molar-refractivity contribution in [1.82, 2.24) is 10.6 Å². The van der Waals surface area contributed by atoms with Gasteiger partial charge in [-0.1, -0.05) is 52.9 Å². The molecule has 3 atom stereocenters. The zero-order valence-electron chi connectivity index (χ0n) is 15.2. The molecule has 0 unspecified atom stereocenters. The monoisotopic (exact) mass is 306 g/mol. The molecule has 0 amide bonds. The summed E-state index contributed by atoms with van der Waals surface area (Å²) in [6.45, 7) is 9.88. The van der Waals surface area contributed by atoms with E-state index in [-0.39, 0.29) is 0 Å². The average molecular weight is 307 g/mol. The molecule has 0 aliphatic heterocycles. The van der Waals surface area contributed by atoms with E-state index in [1.54, 1.807) is 0 Å². The smallest absolute Gasteiger partial charge is 0.0129 e. The van der Waals surface area contributed by atoms with Gasteiger partial charge in [0.05, 0.1) is 0 Å². The van der Waals surface area contributed by atoms with Crippen LogP contribution in [0, 0.1) is 16.7 Å². The summed E-state index contributed by atoms with van der Waals surface area (Å²) in [6.07, 6.45) is 14.3. The Labute approximate surface area is 138 Å². The maximum atomic E-state index is 3.91. The van der Waals surface area contributed by atoms with Gasteiger partial charge in [-0.2, -0.15) is 0 Å². The predicted octanol–water partition coefficient (Wildman–Crippen LogP) is 4.49. The minimum absolute atomic E-state index is 0.526. The normalized spacial score (nSPS) is 38.9. The first-order valence-electron chi connectivity index (χ1n) is 10.0. The molecule has 128 valence electrons. The molecule has 3 aliphatic carbocycles. The van der Waals surface area contributed by atoms with E-state index in [4.69, 9.17) is 0 Å². The highest BCUT2D eigenvalue weighted by Gasteiger charge is 2.60. The minimum Gasteiger partial charge on any atom is -0.313 e. The van der Waals surface area contributed by atoms with Gasteiger partial charge in [-0.3, -0.25) is 0 Å². The summed E-state index contributed by atoms with van der Waals surface area (Å²) in [5.74, 6) is 0.952. The Bertz CT molecular complexity index is 357. The van der Waals surface area contributed by atoms with Crippen molar-refractivity contribution in [1.29, 1.82) is 0 Å². The van der Waals surface area contributed by atoms with Crippen LogP contribution in [0.4, 0.5) is 0 Å². The molecule has 0 aromatic heterocycles. The highest BCUT2D eigenvalue weighted by atomic mass is 15.0. The van der Waals surface area contributed by atoms with Gasteiger partial charge >= 0.3 is 0 Å². The van der Waals surface area contributed by atoms with Crippen molar-refractivity contribution in [2.45, 2.75) is 97.1 Å². The highest BCUT2D eigenvalue weighted by molar-refractivity contribution is 5.12. The van der Waals surface area contributed by atoms with Crippen LogP contribution in [0.2, 0.25) is 0 Å². The van der Waals surface area contributed by atoms with Crippen molar-refractivity contribution in [3.8, 4) is 0 Å². The van der Waals surface area contributed by atoms with Gasteiger partial charge in [-0.15, -0.1) is 0 Å². The van der Waals surface area contributed by atoms with Crippen LogP contribution in [0.15, 0.2) is 0 Å². The first-order chi connectivity index (χ1) is 10.5. The summed E-state index contributed by atoms with van der Waals surface area (Å²) in [5, 5.41) is 7.74. The van der Waals surface area contributed by atoms with Crippen molar-refractivity contribution in [3.63, 3.8) is 0 Å². The maximum absolute atomic E-state index is 3.91. The van der Waals surface area contributed by atoms with E-state index >= 15 is 0 Å². The van der Waals surface area contributed by atoms with Gasteiger partial charge in [-0.25, -0.2) is 0 Å². The molecule has 2 heteroatoms. The van der Waals surface area contributed by atoms with Gasteiger partial charge in [0.25, 0.3) is 0 Å². The van der Waals surface area contributed by atoms with Crippen molar-refractivity contribution >= 4 is 0 Å². The molecule has 22 heavy (non-hydrogen) atoms. The molecule has 3 rings (SSSR count). The Morgan fingerprint density at radius 1 is 0.818 bits per heavy atom. The molecule has 0 heterocycles. The summed E-state index contributed by atoms with van der Waals surface area (Å²) >= 11 is 0. The number of fused-ring (bicyclic) bond motifs is 2. The van der Waals surface area contributed by atoms with Crippen molar-refractivity contribution in [2.75, 3.05) is 13.1 Å². The van der Waals surface area contributed by atoms with E-state index in [9.17, 15) is 0 Å². The van der Waals surface area contributed by atoms with E-state index < -0.39 is 0 Å². The quantitative estimate of drug-likeness (QED) is 0.731. The lowest BCUT2D eigenvalue weighted by Crippen LogP contribution is -2.47. The van der Waals surface area contributed by atoms with Crippen molar-refractivity contribution in [2.24, 2.45) is 16.7 Å². The molecule has 2 N–H and O–H groups in total. The number of hydrogen-bond donors (Lipinski definition) is 2. The van der Waals surface area contributed by atoms with Gasteiger partial charge in [0.15, 0.2) is 0 Å². The third-order valence-corrected chi connectivity index (χ3v) is 7.85. The van der Waals surface area contributed by atoms with Crippen LogP contribution >= 0.6 is 0 Å². The maximum Gasteiger partial charge on any atom is 0.0129 e. The lowest BCUT2D eigenvalue weighted by molar-refractivity contribution is 0.121. The van der Waals surface area contributed by atoms with Gasteiger partial charge in [0, 0.05) is 25.2 Å². The fourth-order valence-corrected chi connectivity index (χ4v) is 5.70.